The van der Waals surface area contributed by atoms with Crippen LogP contribution in [0.25, 0.3) is 0 Å². The molecule has 1 aliphatic rings. The van der Waals surface area contributed by atoms with Gasteiger partial charge in [-0.05, 0) is 68.7 Å². The van der Waals surface area contributed by atoms with Crippen LogP contribution in [0.1, 0.15) is 54.5 Å². The maximum Gasteiger partial charge on any atom is 0.126 e. The summed E-state index contributed by atoms with van der Waals surface area (Å²) in [5.74, 6) is 2.33. The molecule has 0 spiro atoms. The smallest absolute Gasteiger partial charge is 0.126 e. The molecule has 1 nitrogen and oxygen atoms in total. The van der Waals surface area contributed by atoms with Gasteiger partial charge in [-0.25, -0.2) is 0 Å². The lowest BCUT2D eigenvalue weighted by atomic mass is 9.78. The van der Waals surface area contributed by atoms with E-state index in [0.29, 0.717) is 17.9 Å². The highest BCUT2D eigenvalue weighted by Gasteiger charge is 2.33. The van der Waals surface area contributed by atoms with Gasteiger partial charge in [0.1, 0.15) is 5.75 Å². The molecular weight excluding hydrogens is 208 g/mol. The van der Waals surface area contributed by atoms with Crippen LogP contribution >= 0.6 is 0 Å². The third-order valence-electron chi connectivity index (χ3n) is 4.96. The van der Waals surface area contributed by atoms with E-state index in [1.807, 2.05) is 0 Å². The van der Waals surface area contributed by atoms with Gasteiger partial charge in [0.2, 0.25) is 0 Å². The van der Waals surface area contributed by atoms with Gasteiger partial charge >= 0.3 is 0 Å². The van der Waals surface area contributed by atoms with Gasteiger partial charge in [-0.2, -0.15) is 0 Å². The third-order valence-corrected chi connectivity index (χ3v) is 4.96. The molecule has 0 aromatic heterocycles. The summed E-state index contributed by atoms with van der Waals surface area (Å²) >= 11 is 0. The molecule has 3 unspecified atom stereocenters. The Hall–Kier alpha value is -0.980. The quantitative estimate of drug-likeness (QED) is 0.642. The van der Waals surface area contributed by atoms with Crippen molar-refractivity contribution in [2.45, 2.75) is 60.5 Å². The Labute approximate surface area is 105 Å². The van der Waals surface area contributed by atoms with Crippen LogP contribution in [-0.2, 0) is 0 Å². The van der Waals surface area contributed by atoms with Gasteiger partial charge in [0, 0.05) is 5.56 Å². The molecule has 0 bridgehead atoms. The molecule has 3 atom stereocenters. The molecule has 0 aliphatic carbocycles. The van der Waals surface area contributed by atoms with Gasteiger partial charge in [-0.1, -0.05) is 13.8 Å². The lowest BCUT2D eigenvalue weighted by Gasteiger charge is -2.37. The van der Waals surface area contributed by atoms with Crippen molar-refractivity contribution in [1.29, 1.82) is 0 Å². The Balaban J connectivity index is 2.72. The van der Waals surface area contributed by atoms with Crippen LogP contribution < -0.4 is 4.74 Å². The summed E-state index contributed by atoms with van der Waals surface area (Å²) in [4.78, 5) is 0. The number of hydrogen-bond donors (Lipinski definition) is 0. The lowest BCUT2D eigenvalue weighted by molar-refractivity contribution is 0.120. The first-order valence-corrected chi connectivity index (χ1v) is 6.63. The monoisotopic (exact) mass is 232 g/mol. The topological polar surface area (TPSA) is 9.23 Å². The maximum absolute atomic E-state index is 6.16. The first kappa shape index (κ1) is 12.5. The molecule has 94 valence electrons. The van der Waals surface area contributed by atoms with Crippen molar-refractivity contribution in [1.82, 2.24) is 0 Å². The molecule has 1 aromatic rings. The largest absolute Gasteiger partial charge is 0.490 e. The van der Waals surface area contributed by atoms with Gasteiger partial charge < -0.3 is 4.74 Å². The van der Waals surface area contributed by atoms with Crippen LogP contribution in [0.2, 0.25) is 0 Å². The summed E-state index contributed by atoms with van der Waals surface area (Å²) in [6.45, 7) is 15.7. The van der Waals surface area contributed by atoms with Gasteiger partial charge in [0.05, 0.1) is 6.10 Å². The van der Waals surface area contributed by atoms with E-state index >= 15 is 0 Å². The normalized spacial score (nSPS) is 27.6. The molecular formula is C16H24O. The molecule has 2 rings (SSSR count). The Morgan fingerprint density at radius 2 is 1.29 bits per heavy atom. The second kappa shape index (κ2) is 4.04. The molecule has 1 aromatic carbocycles. The average Bonchev–Trinajstić information content (AvgIpc) is 2.30. The molecule has 1 heteroatoms. The van der Waals surface area contributed by atoms with Crippen LogP contribution in [-0.4, -0.2) is 6.10 Å². The van der Waals surface area contributed by atoms with Crippen LogP contribution in [0.3, 0.4) is 0 Å². The second-order valence-corrected chi connectivity index (χ2v) is 5.71. The van der Waals surface area contributed by atoms with Crippen molar-refractivity contribution >= 4 is 0 Å². The third kappa shape index (κ3) is 1.67. The summed E-state index contributed by atoms with van der Waals surface area (Å²) in [6, 6.07) is 0. The number of fused-ring (bicyclic) bond motifs is 1. The first-order chi connectivity index (χ1) is 7.86. The fourth-order valence-corrected chi connectivity index (χ4v) is 2.97. The Morgan fingerprint density at radius 3 is 1.88 bits per heavy atom. The van der Waals surface area contributed by atoms with Crippen molar-refractivity contribution in [3.8, 4) is 5.75 Å². The summed E-state index contributed by atoms with van der Waals surface area (Å²) in [7, 11) is 0. The zero-order chi connectivity index (χ0) is 12.9. The van der Waals surface area contributed by atoms with E-state index in [0.717, 1.165) is 5.75 Å². The molecule has 0 radical (unpaired) electrons. The fourth-order valence-electron chi connectivity index (χ4n) is 2.97. The van der Waals surface area contributed by atoms with Crippen molar-refractivity contribution in [3.63, 3.8) is 0 Å². The zero-order valence-corrected chi connectivity index (χ0v) is 12.1. The molecule has 17 heavy (non-hydrogen) atoms. The van der Waals surface area contributed by atoms with E-state index in [2.05, 4.69) is 48.5 Å². The minimum absolute atomic E-state index is 0.317. The van der Waals surface area contributed by atoms with Crippen molar-refractivity contribution < 1.29 is 4.74 Å². The first-order valence-electron chi connectivity index (χ1n) is 6.63. The average molecular weight is 232 g/mol. The van der Waals surface area contributed by atoms with Crippen LogP contribution in [0.15, 0.2) is 0 Å². The van der Waals surface area contributed by atoms with Crippen molar-refractivity contribution in [3.05, 3.63) is 27.8 Å². The zero-order valence-electron chi connectivity index (χ0n) is 12.1. The summed E-state index contributed by atoms with van der Waals surface area (Å²) in [5, 5.41) is 0. The van der Waals surface area contributed by atoms with E-state index < -0.39 is 0 Å². The van der Waals surface area contributed by atoms with Crippen LogP contribution in [0.5, 0.6) is 5.75 Å². The van der Waals surface area contributed by atoms with E-state index in [4.69, 9.17) is 4.74 Å². The van der Waals surface area contributed by atoms with Gasteiger partial charge in [-0.3, -0.25) is 0 Å². The van der Waals surface area contributed by atoms with E-state index in [-0.39, 0.29) is 0 Å². The highest BCUT2D eigenvalue weighted by atomic mass is 16.5. The second-order valence-electron chi connectivity index (χ2n) is 5.71. The predicted molar refractivity (Wildman–Crippen MR) is 73.1 cm³/mol. The number of rotatable bonds is 0. The molecule has 1 heterocycles. The Morgan fingerprint density at radius 1 is 0.765 bits per heavy atom. The molecule has 0 amide bonds. The summed E-state index contributed by atoms with van der Waals surface area (Å²) in [5.41, 5.74) is 7.01. The highest BCUT2D eigenvalue weighted by molar-refractivity contribution is 5.56. The number of benzene rings is 1. The predicted octanol–water partition coefficient (Wildman–Crippen LogP) is 4.44. The minimum atomic E-state index is 0.317. The molecule has 0 saturated carbocycles. The summed E-state index contributed by atoms with van der Waals surface area (Å²) < 4.78 is 6.16. The molecule has 0 N–H and O–H groups in total. The van der Waals surface area contributed by atoms with E-state index in [1.165, 1.54) is 27.8 Å². The van der Waals surface area contributed by atoms with Gasteiger partial charge in [0.15, 0.2) is 0 Å². The molecule has 1 aliphatic heterocycles. The Kier molecular flexibility index (Phi) is 2.97. The Bertz CT molecular complexity index is 459. The van der Waals surface area contributed by atoms with Gasteiger partial charge in [-0.15, -0.1) is 0 Å². The minimum Gasteiger partial charge on any atom is -0.490 e. The fraction of sp³-hybridized carbons (Fsp3) is 0.625. The van der Waals surface area contributed by atoms with Crippen LogP contribution in [0, 0.1) is 33.6 Å². The lowest BCUT2D eigenvalue weighted by Crippen LogP contribution is -2.32. The van der Waals surface area contributed by atoms with Gasteiger partial charge in [0.25, 0.3) is 0 Å². The summed E-state index contributed by atoms with van der Waals surface area (Å²) in [6.07, 6.45) is 0.317. The molecule has 0 saturated heterocycles. The standard InChI is InChI=1S/C16H24O/c1-8-9(2)13(6)16-15(11(8)4)12(5)10(3)14(7)17-16/h10,12,14H,1-7H3. The van der Waals surface area contributed by atoms with Crippen molar-refractivity contribution in [2.24, 2.45) is 5.92 Å². The SMILES string of the molecule is Cc1c(C)c(C)c2c(c1C)OC(C)C(C)C2C. The van der Waals surface area contributed by atoms with Crippen LogP contribution in [0.4, 0.5) is 0 Å². The maximum atomic E-state index is 6.16. The van der Waals surface area contributed by atoms with E-state index in [9.17, 15) is 0 Å². The molecule has 0 fully saturated rings. The number of ether oxygens (including phenoxy) is 1. The highest BCUT2D eigenvalue weighted by Crippen LogP contribution is 2.45. The number of hydrogen-bond acceptors (Lipinski definition) is 1. The van der Waals surface area contributed by atoms with Crippen molar-refractivity contribution in [2.75, 3.05) is 0 Å². The van der Waals surface area contributed by atoms with E-state index in [1.54, 1.807) is 0 Å².